The van der Waals surface area contributed by atoms with Gasteiger partial charge in [0.15, 0.2) is 5.79 Å². The molecule has 0 aromatic rings. The highest BCUT2D eigenvalue weighted by Crippen LogP contribution is 2.30. The zero-order valence-electron chi connectivity index (χ0n) is 7.82. The number of rotatable bonds is 3. The van der Waals surface area contributed by atoms with E-state index in [1.54, 1.807) is 19.9 Å². The van der Waals surface area contributed by atoms with Crippen LogP contribution in [0.1, 0.15) is 20.3 Å². The summed E-state index contributed by atoms with van der Waals surface area (Å²) in [5, 5.41) is 8.59. The van der Waals surface area contributed by atoms with Crippen molar-refractivity contribution in [3.8, 4) is 0 Å². The van der Waals surface area contributed by atoms with Crippen LogP contribution in [0.3, 0.4) is 0 Å². The molecule has 1 fully saturated rings. The molecule has 1 N–H and O–H groups in total. The third kappa shape index (κ3) is 2.54. The normalized spacial score (nSPS) is 31.5. The largest absolute Gasteiger partial charge is 0.481 e. The fourth-order valence-electron chi connectivity index (χ4n) is 1.39. The molecule has 1 saturated heterocycles. The van der Waals surface area contributed by atoms with E-state index in [0.717, 1.165) is 0 Å². The second-order valence-corrected chi connectivity index (χ2v) is 3.47. The number of aliphatic carboxylic acids is 1. The fourth-order valence-corrected chi connectivity index (χ4v) is 1.39. The topological polar surface area (TPSA) is 55.8 Å². The number of carbonyl (C=O) groups is 1. The molecule has 1 heterocycles. The van der Waals surface area contributed by atoms with Crippen molar-refractivity contribution in [2.24, 2.45) is 0 Å². The molecule has 1 aliphatic rings. The number of carboxylic acid groups (broad SMARTS) is 1. The second-order valence-electron chi connectivity index (χ2n) is 3.47. The molecule has 1 rings (SSSR count). The summed E-state index contributed by atoms with van der Waals surface area (Å²) < 4.78 is 10.8. The van der Waals surface area contributed by atoms with Gasteiger partial charge in [0.1, 0.15) is 12.2 Å². The third-order valence-electron chi connectivity index (χ3n) is 1.83. The van der Waals surface area contributed by atoms with Crippen molar-refractivity contribution in [2.45, 2.75) is 38.3 Å². The molecule has 0 aliphatic carbocycles. The van der Waals surface area contributed by atoms with Crippen LogP contribution in [0.2, 0.25) is 0 Å². The Balaban J connectivity index is 2.63. The van der Waals surface area contributed by atoms with Gasteiger partial charge in [-0.1, -0.05) is 6.08 Å². The van der Waals surface area contributed by atoms with Crippen LogP contribution in [0.25, 0.3) is 0 Å². The summed E-state index contributed by atoms with van der Waals surface area (Å²) in [4.78, 5) is 10.5. The molecule has 1 aliphatic heterocycles. The molecule has 0 spiro atoms. The van der Waals surface area contributed by atoms with Gasteiger partial charge in [-0.25, -0.2) is 0 Å². The van der Waals surface area contributed by atoms with Gasteiger partial charge in [0.25, 0.3) is 0 Å². The maximum absolute atomic E-state index is 10.5. The lowest BCUT2D eigenvalue weighted by molar-refractivity contribution is -0.151. The van der Waals surface area contributed by atoms with Gasteiger partial charge in [-0.3, -0.25) is 4.79 Å². The van der Waals surface area contributed by atoms with Crippen LogP contribution in [0.15, 0.2) is 12.7 Å². The van der Waals surface area contributed by atoms with Crippen molar-refractivity contribution < 1.29 is 19.4 Å². The SMILES string of the molecule is C=C[C@@H]1OC(C)(C)O[C@H]1CC(=O)O. The van der Waals surface area contributed by atoms with Crippen LogP contribution in [0.5, 0.6) is 0 Å². The summed E-state index contributed by atoms with van der Waals surface area (Å²) in [5.74, 6) is -1.60. The Morgan fingerprint density at radius 2 is 2.23 bits per heavy atom. The van der Waals surface area contributed by atoms with Crippen LogP contribution >= 0.6 is 0 Å². The molecule has 74 valence electrons. The van der Waals surface area contributed by atoms with E-state index >= 15 is 0 Å². The third-order valence-corrected chi connectivity index (χ3v) is 1.83. The molecule has 4 nitrogen and oxygen atoms in total. The van der Waals surface area contributed by atoms with E-state index in [1.807, 2.05) is 0 Å². The number of ether oxygens (including phenoxy) is 2. The highest BCUT2D eigenvalue weighted by atomic mass is 16.7. The van der Waals surface area contributed by atoms with E-state index in [1.165, 1.54) is 0 Å². The van der Waals surface area contributed by atoms with E-state index in [4.69, 9.17) is 14.6 Å². The maximum Gasteiger partial charge on any atom is 0.306 e. The Morgan fingerprint density at radius 1 is 1.62 bits per heavy atom. The average Bonchev–Trinajstić information content (AvgIpc) is 2.24. The minimum Gasteiger partial charge on any atom is -0.481 e. The van der Waals surface area contributed by atoms with Crippen molar-refractivity contribution >= 4 is 5.97 Å². The number of hydrogen-bond donors (Lipinski definition) is 1. The van der Waals surface area contributed by atoms with Gasteiger partial charge >= 0.3 is 5.97 Å². The zero-order valence-corrected chi connectivity index (χ0v) is 7.82. The van der Waals surface area contributed by atoms with Crippen LogP contribution in [-0.4, -0.2) is 29.1 Å². The maximum atomic E-state index is 10.5. The first-order valence-electron chi connectivity index (χ1n) is 4.14. The molecule has 0 radical (unpaired) electrons. The Bertz CT molecular complexity index is 222. The van der Waals surface area contributed by atoms with Crippen molar-refractivity contribution in [1.29, 1.82) is 0 Å². The van der Waals surface area contributed by atoms with E-state index in [9.17, 15) is 4.79 Å². The minimum atomic E-state index is -0.891. The van der Waals surface area contributed by atoms with Crippen molar-refractivity contribution in [1.82, 2.24) is 0 Å². The fraction of sp³-hybridized carbons (Fsp3) is 0.667. The van der Waals surface area contributed by atoms with Crippen molar-refractivity contribution in [2.75, 3.05) is 0 Å². The standard InChI is InChI=1S/C9H14O4/c1-4-6-7(5-8(10)11)13-9(2,3)12-6/h4,6-7H,1,5H2,2-3H3,(H,10,11)/t6-,7-/m0/s1. The van der Waals surface area contributed by atoms with Crippen LogP contribution in [0, 0.1) is 0 Å². The molecular weight excluding hydrogens is 172 g/mol. The van der Waals surface area contributed by atoms with E-state index in [2.05, 4.69) is 6.58 Å². The Labute approximate surface area is 77.1 Å². The molecule has 0 unspecified atom stereocenters. The molecule has 4 heteroatoms. The van der Waals surface area contributed by atoms with Gasteiger partial charge in [-0.15, -0.1) is 6.58 Å². The molecule has 2 atom stereocenters. The Kier molecular flexibility index (Phi) is 2.73. The van der Waals surface area contributed by atoms with Crippen molar-refractivity contribution in [3.05, 3.63) is 12.7 Å². The first-order chi connectivity index (χ1) is 5.94. The summed E-state index contributed by atoms with van der Waals surface area (Å²) in [6, 6.07) is 0. The highest BCUT2D eigenvalue weighted by Gasteiger charge is 2.40. The average molecular weight is 186 g/mol. The van der Waals surface area contributed by atoms with Crippen LogP contribution < -0.4 is 0 Å². The number of carboxylic acids is 1. The molecule has 0 aromatic carbocycles. The summed E-state index contributed by atoms with van der Waals surface area (Å²) in [6.07, 6.45) is 0.763. The molecule has 13 heavy (non-hydrogen) atoms. The van der Waals surface area contributed by atoms with Gasteiger partial charge < -0.3 is 14.6 Å². The van der Waals surface area contributed by atoms with Crippen molar-refractivity contribution in [3.63, 3.8) is 0 Å². The van der Waals surface area contributed by atoms with Gasteiger partial charge in [0.2, 0.25) is 0 Å². The quantitative estimate of drug-likeness (QED) is 0.672. The monoisotopic (exact) mass is 186 g/mol. The first-order valence-corrected chi connectivity index (χ1v) is 4.14. The summed E-state index contributed by atoms with van der Waals surface area (Å²) in [7, 11) is 0. The van der Waals surface area contributed by atoms with E-state index in [0.29, 0.717) is 0 Å². The van der Waals surface area contributed by atoms with Crippen LogP contribution in [-0.2, 0) is 14.3 Å². The lowest BCUT2D eigenvalue weighted by Gasteiger charge is -2.16. The lowest BCUT2D eigenvalue weighted by Crippen LogP contribution is -2.24. The number of hydrogen-bond acceptors (Lipinski definition) is 3. The second kappa shape index (κ2) is 3.47. The van der Waals surface area contributed by atoms with Gasteiger partial charge in [-0.05, 0) is 13.8 Å². The minimum absolute atomic E-state index is 0.0554. The predicted octanol–water partition coefficient (Wildman–Crippen LogP) is 1.17. The molecule has 0 saturated carbocycles. The van der Waals surface area contributed by atoms with Gasteiger partial charge in [0, 0.05) is 0 Å². The summed E-state index contributed by atoms with van der Waals surface area (Å²) in [6.45, 7) is 7.08. The lowest BCUT2D eigenvalue weighted by atomic mass is 10.1. The van der Waals surface area contributed by atoms with E-state index < -0.39 is 17.9 Å². The zero-order chi connectivity index (χ0) is 10.1. The molecule has 0 aromatic heterocycles. The van der Waals surface area contributed by atoms with Gasteiger partial charge in [-0.2, -0.15) is 0 Å². The molecule has 0 bridgehead atoms. The van der Waals surface area contributed by atoms with Crippen LogP contribution in [0.4, 0.5) is 0 Å². The molecule has 0 amide bonds. The Morgan fingerprint density at radius 3 is 2.69 bits per heavy atom. The first kappa shape index (κ1) is 10.2. The predicted molar refractivity (Wildman–Crippen MR) is 46.3 cm³/mol. The Hall–Kier alpha value is -0.870. The molecular formula is C9H14O4. The highest BCUT2D eigenvalue weighted by molar-refractivity contribution is 5.67. The summed E-state index contributed by atoms with van der Waals surface area (Å²) >= 11 is 0. The smallest absolute Gasteiger partial charge is 0.306 e. The van der Waals surface area contributed by atoms with E-state index in [-0.39, 0.29) is 12.5 Å². The summed E-state index contributed by atoms with van der Waals surface area (Å²) in [5.41, 5.74) is 0. The van der Waals surface area contributed by atoms with Gasteiger partial charge in [0.05, 0.1) is 6.42 Å².